The van der Waals surface area contributed by atoms with Gasteiger partial charge in [0.2, 0.25) is 11.8 Å². The molecular formula is C22H19N5O2S. The van der Waals surface area contributed by atoms with E-state index in [-0.39, 0.29) is 18.2 Å². The van der Waals surface area contributed by atoms with E-state index in [1.807, 2.05) is 66.2 Å². The van der Waals surface area contributed by atoms with Gasteiger partial charge in [-0.25, -0.2) is 9.67 Å². The molecule has 0 radical (unpaired) electrons. The molecule has 4 aromatic rings. The van der Waals surface area contributed by atoms with Gasteiger partial charge in [-0.2, -0.15) is 5.10 Å². The molecule has 7 nitrogen and oxygen atoms in total. The van der Waals surface area contributed by atoms with Crippen molar-refractivity contribution in [2.45, 2.75) is 13.3 Å². The number of carbonyl (C=O) groups is 2. The molecule has 4 rings (SSSR count). The summed E-state index contributed by atoms with van der Waals surface area (Å²) in [6, 6.07) is 17.1. The number of benzene rings is 2. The van der Waals surface area contributed by atoms with Gasteiger partial charge < -0.3 is 10.6 Å². The molecule has 0 aliphatic heterocycles. The van der Waals surface area contributed by atoms with Crippen molar-refractivity contribution in [3.05, 3.63) is 77.9 Å². The van der Waals surface area contributed by atoms with Crippen LogP contribution in [0.1, 0.15) is 12.5 Å². The van der Waals surface area contributed by atoms with Gasteiger partial charge in [0.25, 0.3) is 0 Å². The van der Waals surface area contributed by atoms with Crippen LogP contribution in [0.3, 0.4) is 0 Å². The normalized spacial score (nSPS) is 10.6. The highest BCUT2D eigenvalue weighted by atomic mass is 32.1. The number of thiazole rings is 1. The summed E-state index contributed by atoms with van der Waals surface area (Å²) in [7, 11) is 0. The van der Waals surface area contributed by atoms with E-state index >= 15 is 0 Å². The Morgan fingerprint density at radius 1 is 1.03 bits per heavy atom. The van der Waals surface area contributed by atoms with Crippen molar-refractivity contribution in [2.24, 2.45) is 0 Å². The zero-order chi connectivity index (χ0) is 20.9. The predicted octanol–water partition coefficient (Wildman–Crippen LogP) is 4.14. The van der Waals surface area contributed by atoms with E-state index in [2.05, 4.69) is 20.7 Å². The third kappa shape index (κ3) is 4.79. The second-order valence-corrected chi connectivity index (χ2v) is 7.51. The van der Waals surface area contributed by atoms with Gasteiger partial charge >= 0.3 is 0 Å². The zero-order valence-electron chi connectivity index (χ0n) is 16.2. The van der Waals surface area contributed by atoms with Gasteiger partial charge in [-0.1, -0.05) is 30.3 Å². The summed E-state index contributed by atoms with van der Waals surface area (Å²) in [5.41, 5.74) is 4.16. The number of anilines is 2. The lowest BCUT2D eigenvalue weighted by Crippen LogP contribution is -2.13. The van der Waals surface area contributed by atoms with Crippen LogP contribution in [-0.4, -0.2) is 26.6 Å². The number of amides is 2. The number of para-hydroxylation sites is 1. The standard InChI is InChI=1S/C22H19N5O2S/c1-15(28)24-18-9-7-17(8-10-18)20-14-30-22(25-20)26-21(29)11-16-12-23-27(13-16)19-5-3-2-4-6-19/h2-10,12-14H,11H2,1H3,(H,24,28)(H,25,26,29). The van der Waals surface area contributed by atoms with Crippen LogP contribution in [0.15, 0.2) is 72.4 Å². The Bertz CT molecular complexity index is 1170. The monoisotopic (exact) mass is 417 g/mol. The Morgan fingerprint density at radius 3 is 2.53 bits per heavy atom. The van der Waals surface area contributed by atoms with Crippen molar-refractivity contribution in [2.75, 3.05) is 10.6 Å². The molecule has 8 heteroatoms. The molecule has 0 aliphatic carbocycles. The number of nitrogens with one attached hydrogen (secondary N) is 2. The fourth-order valence-electron chi connectivity index (χ4n) is 2.91. The Kier molecular flexibility index (Phi) is 5.67. The molecule has 0 bridgehead atoms. The van der Waals surface area contributed by atoms with Gasteiger partial charge in [-0.15, -0.1) is 11.3 Å². The molecule has 2 heterocycles. The molecule has 0 saturated carbocycles. The third-order valence-electron chi connectivity index (χ3n) is 4.27. The van der Waals surface area contributed by atoms with Crippen LogP contribution in [0.2, 0.25) is 0 Å². The van der Waals surface area contributed by atoms with E-state index in [9.17, 15) is 9.59 Å². The summed E-state index contributed by atoms with van der Waals surface area (Å²) in [4.78, 5) is 28.0. The average molecular weight is 417 g/mol. The lowest BCUT2D eigenvalue weighted by Gasteiger charge is -2.03. The molecule has 0 atom stereocenters. The van der Waals surface area contributed by atoms with Crippen molar-refractivity contribution in [3.63, 3.8) is 0 Å². The van der Waals surface area contributed by atoms with E-state index in [0.29, 0.717) is 5.13 Å². The van der Waals surface area contributed by atoms with Crippen molar-refractivity contribution in [3.8, 4) is 16.9 Å². The first kappa shape index (κ1) is 19.5. The summed E-state index contributed by atoms with van der Waals surface area (Å²) < 4.78 is 1.74. The van der Waals surface area contributed by atoms with E-state index in [1.165, 1.54) is 18.3 Å². The molecule has 0 fully saturated rings. The van der Waals surface area contributed by atoms with E-state index in [0.717, 1.165) is 28.2 Å². The number of hydrogen-bond acceptors (Lipinski definition) is 5. The first-order valence-electron chi connectivity index (χ1n) is 9.29. The molecule has 0 unspecified atom stereocenters. The van der Waals surface area contributed by atoms with Crippen molar-refractivity contribution in [1.29, 1.82) is 0 Å². The molecule has 0 aliphatic rings. The van der Waals surface area contributed by atoms with Crippen molar-refractivity contribution in [1.82, 2.24) is 14.8 Å². The van der Waals surface area contributed by atoms with Crippen LogP contribution >= 0.6 is 11.3 Å². The Hall–Kier alpha value is -3.78. The van der Waals surface area contributed by atoms with E-state index in [1.54, 1.807) is 10.9 Å². The van der Waals surface area contributed by atoms with Crippen LogP contribution in [0.25, 0.3) is 16.9 Å². The maximum absolute atomic E-state index is 12.4. The van der Waals surface area contributed by atoms with Gasteiger partial charge in [-0.3, -0.25) is 9.59 Å². The zero-order valence-corrected chi connectivity index (χ0v) is 17.0. The number of aromatic nitrogens is 3. The Morgan fingerprint density at radius 2 is 1.80 bits per heavy atom. The van der Waals surface area contributed by atoms with Gasteiger partial charge in [0.15, 0.2) is 5.13 Å². The maximum atomic E-state index is 12.4. The molecule has 150 valence electrons. The summed E-state index contributed by atoms with van der Waals surface area (Å²) in [6.07, 6.45) is 3.75. The molecule has 0 spiro atoms. The molecule has 2 N–H and O–H groups in total. The first-order chi connectivity index (χ1) is 14.6. The van der Waals surface area contributed by atoms with Gasteiger partial charge in [0.1, 0.15) is 0 Å². The molecule has 0 saturated heterocycles. The smallest absolute Gasteiger partial charge is 0.230 e. The fraction of sp³-hybridized carbons (Fsp3) is 0.0909. The van der Waals surface area contributed by atoms with Crippen molar-refractivity contribution >= 4 is 34.0 Å². The lowest BCUT2D eigenvalue weighted by molar-refractivity contribution is -0.116. The number of nitrogens with zero attached hydrogens (tertiary/aromatic N) is 3. The summed E-state index contributed by atoms with van der Waals surface area (Å²) in [6.45, 7) is 1.47. The second kappa shape index (κ2) is 8.71. The predicted molar refractivity (Wildman–Crippen MR) is 118 cm³/mol. The quantitative estimate of drug-likeness (QED) is 0.494. The molecule has 2 aromatic carbocycles. The van der Waals surface area contributed by atoms with Crippen molar-refractivity contribution < 1.29 is 9.59 Å². The van der Waals surface area contributed by atoms with Crippen LogP contribution in [-0.2, 0) is 16.0 Å². The largest absolute Gasteiger partial charge is 0.326 e. The summed E-state index contributed by atoms with van der Waals surface area (Å²) in [5.74, 6) is -0.264. The van der Waals surface area contributed by atoms with Crippen LogP contribution in [0.4, 0.5) is 10.8 Å². The summed E-state index contributed by atoms with van der Waals surface area (Å²) in [5, 5.41) is 12.3. The minimum atomic E-state index is -0.149. The highest BCUT2D eigenvalue weighted by Crippen LogP contribution is 2.26. The molecule has 30 heavy (non-hydrogen) atoms. The SMILES string of the molecule is CC(=O)Nc1ccc(-c2csc(NC(=O)Cc3cnn(-c4ccccc4)c3)n2)cc1. The van der Waals surface area contributed by atoms with Gasteiger partial charge in [0.05, 0.1) is 24.0 Å². The third-order valence-corrected chi connectivity index (χ3v) is 5.03. The Balaban J connectivity index is 1.37. The van der Waals surface area contributed by atoms with E-state index < -0.39 is 0 Å². The number of hydrogen-bond donors (Lipinski definition) is 2. The van der Waals surface area contributed by atoms with Crippen LogP contribution < -0.4 is 10.6 Å². The Labute approximate surface area is 177 Å². The summed E-state index contributed by atoms with van der Waals surface area (Å²) >= 11 is 1.37. The number of carbonyl (C=O) groups excluding carboxylic acids is 2. The topological polar surface area (TPSA) is 88.9 Å². The van der Waals surface area contributed by atoms with Gasteiger partial charge in [-0.05, 0) is 29.8 Å². The highest BCUT2D eigenvalue weighted by Gasteiger charge is 2.11. The second-order valence-electron chi connectivity index (χ2n) is 6.65. The molecular weight excluding hydrogens is 398 g/mol. The molecule has 2 aromatic heterocycles. The minimum Gasteiger partial charge on any atom is -0.326 e. The highest BCUT2D eigenvalue weighted by molar-refractivity contribution is 7.14. The van der Waals surface area contributed by atoms with E-state index in [4.69, 9.17) is 0 Å². The minimum absolute atomic E-state index is 0.115. The fourth-order valence-corrected chi connectivity index (χ4v) is 3.65. The number of rotatable bonds is 6. The van der Waals surface area contributed by atoms with Gasteiger partial charge in [0, 0.05) is 29.8 Å². The maximum Gasteiger partial charge on any atom is 0.230 e. The van der Waals surface area contributed by atoms with Crippen LogP contribution in [0.5, 0.6) is 0 Å². The molecule has 2 amide bonds. The lowest BCUT2D eigenvalue weighted by atomic mass is 10.1. The van der Waals surface area contributed by atoms with Crippen LogP contribution in [0, 0.1) is 0 Å². The first-order valence-corrected chi connectivity index (χ1v) is 10.2. The average Bonchev–Trinajstić information content (AvgIpc) is 3.39.